The molecule has 0 unspecified atom stereocenters. The summed E-state index contributed by atoms with van der Waals surface area (Å²) < 4.78 is 0. The van der Waals surface area contributed by atoms with Crippen LogP contribution in [0.4, 0.5) is 5.82 Å². The number of nitrogens with zero attached hydrogens (tertiary/aromatic N) is 1. The molecule has 0 atom stereocenters. The molecule has 0 amide bonds. The van der Waals surface area contributed by atoms with Crippen LogP contribution in [0.2, 0.25) is 0 Å². The van der Waals surface area contributed by atoms with Crippen LogP contribution in [0.15, 0.2) is 12.3 Å². The molecule has 1 rings (SSSR count). The molecule has 1 aromatic heterocycles. The van der Waals surface area contributed by atoms with Crippen LogP contribution in [0.3, 0.4) is 0 Å². The van der Waals surface area contributed by atoms with E-state index in [1.165, 1.54) is 0 Å². The van der Waals surface area contributed by atoms with Crippen molar-refractivity contribution >= 4 is 17.6 Å². The second-order valence-electron chi connectivity index (χ2n) is 2.45. The highest BCUT2D eigenvalue weighted by atomic mass is 15.0. The van der Waals surface area contributed by atoms with Crippen LogP contribution in [0.5, 0.6) is 0 Å². The highest BCUT2D eigenvalue weighted by Crippen LogP contribution is 2.02. The Morgan fingerprint density at radius 1 is 1.75 bits per heavy atom. The molecule has 1 aromatic rings. The molecule has 0 aliphatic rings. The average molecular weight is 164 g/mol. The Balaban J connectivity index is 2.70. The Kier molecular flexibility index (Phi) is 2.63. The standard InChI is InChI=1S/C8H12N4/c1-6(9)3-4-7-11-5-8(10-2)12-7/h3-5,9-10H,1-2H3,(H,11,12)/b4-3-,9-6?. The summed E-state index contributed by atoms with van der Waals surface area (Å²) in [7, 11) is 1.82. The fraction of sp³-hybridized carbons (Fsp3) is 0.250. The molecule has 0 fully saturated rings. The van der Waals surface area contributed by atoms with Gasteiger partial charge in [-0.2, -0.15) is 0 Å². The predicted octanol–water partition coefficient (Wildman–Crippen LogP) is 1.50. The summed E-state index contributed by atoms with van der Waals surface area (Å²) in [6, 6.07) is 0. The van der Waals surface area contributed by atoms with E-state index in [1.54, 1.807) is 25.3 Å². The molecular weight excluding hydrogens is 152 g/mol. The van der Waals surface area contributed by atoms with Crippen molar-refractivity contribution in [2.45, 2.75) is 6.92 Å². The molecule has 0 spiro atoms. The quantitative estimate of drug-likeness (QED) is 0.593. The lowest BCUT2D eigenvalue weighted by molar-refractivity contribution is 1.26. The smallest absolute Gasteiger partial charge is 0.131 e. The minimum absolute atomic E-state index is 0.511. The SMILES string of the molecule is CNc1cnc(/C=C\C(C)=N)[nH]1. The Morgan fingerprint density at radius 3 is 3.00 bits per heavy atom. The fourth-order valence-corrected chi connectivity index (χ4v) is 0.752. The van der Waals surface area contributed by atoms with Gasteiger partial charge in [-0.3, -0.25) is 0 Å². The second kappa shape index (κ2) is 3.71. The molecule has 0 aliphatic heterocycles. The lowest BCUT2D eigenvalue weighted by Gasteiger charge is -1.89. The molecule has 4 nitrogen and oxygen atoms in total. The first kappa shape index (κ1) is 8.52. The van der Waals surface area contributed by atoms with E-state index in [1.807, 2.05) is 7.05 Å². The zero-order valence-electron chi connectivity index (χ0n) is 7.18. The number of allylic oxidation sites excluding steroid dienone is 1. The second-order valence-corrected chi connectivity index (χ2v) is 2.45. The van der Waals surface area contributed by atoms with Gasteiger partial charge >= 0.3 is 0 Å². The number of nitrogens with one attached hydrogen (secondary N) is 3. The van der Waals surface area contributed by atoms with Crippen LogP contribution in [0, 0.1) is 5.41 Å². The van der Waals surface area contributed by atoms with E-state index in [9.17, 15) is 0 Å². The van der Waals surface area contributed by atoms with Crippen LogP contribution in [0.1, 0.15) is 12.7 Å². The summed E-state index contributed by atoms with van der Waals surface area (Å²) in [6.07, 6.45) is 5.17. The van der Waals surface area contributed by atoms with Gasteiger partial charge in [0.1, 0.15) is 11.6 Å². The lowest BCUT2D eigenvalue weighted by atomic mass is 10.4. The Hall–Kier alpha value is -1.58. The Labute approximate surface area is 71.2 Å². The number of rotatable bonds is 3. The van der Waals surface area contributed by atoms with Gasteiger partial charge in [0.25, 0.3) is 0 Å². The number of hydrogen-bond donors (Lipinski definition) is 3. The first-order chi connectivity index (χ1) is 5.72. The molecule has 1 heterocycles. The van der Waals surface area contributed by atoms with Gasteiger partial charge < -0.3 is 15.7 Å². The number of imidazole rings is 1. The third-order valence-corrected chi connectivity index (χ3v) is 1.36. The number of aromatic nitrogens is 2. The van der Waals surface area contributed by atoms with Crippen molar-refractivity contribution in [3.05, 3.63) is 18.1 Å². The molecule has 0 saturated carbocycles. The van der Waals surface area contributed by atoms with Gasteiger partial charge in [-0.05, 0) is 19.1 Å². The number of H-pyrrole nitrogens is 1. The lowest BCUT2D eigenvalue weighted by Crippen LogP contribution is -1.86. The molecule has 64 valence electrons. The molecule has 0 bridgehead atoms. The van der Waals surface area contributed by atoms with E-state index >= 15 is 0 Å². The van der Waals surface area contributed by atoms with Gasteiger partial charge in [-0.15, -0.1) is 0 Å². The maximum absolute atomic E-state index is 7.15. The number of anilines is 1. The summed E-state index contributed by atoms with van der Waals surface area (Å²) in [5.41, 5.74) is 0.511. The summed E-state index contributed by atoms with van der Waals surface area (Å²) in [5, 5.41) is 10.1. The topological polar surface area (TPSA) is 64.6 Å². The summed E-state index contributed by atoms with van der Waals surface area (Å²) >= 11 is 0. The van der Waals surface area contributed by atoms with E-state index in [0.29, 0.717) is 5.71 Å². The molecular formula is C8H12N4. The molecule has 3 N–H and O–H groups in total. The van der Waals surface area contributed by atoms with Gasteiger partial charge in [0.15, 0.2) is 0 Å². The first-order valence-corrected chi connectivity index (χ1v) is 3.68. The molecule has 4 heteroatoms. The minimum Gasteiger partial charge on any atom is -0.373 e. The molecule has 0 saturated heterocycles. The van der Waals surface area contributed by atoms with Crippen molar-refractivity contribution in [1.29, 1.82) is 5.41 Å². The molecule has 12 heavy (non-hydrogen) atoms. The van der Waals surface area contributed by atoms with Crippen molar-refractivity contribution in [3.8, 4) is 0 Å². The van der Waals surface area contributed by atoms with Gasteiger partial charge in [-0.1, -0.05) is 0 Å². The molecule has 0 aromatic carbocycles. The van der Waals surface area contributed by atoms with E-state index in [2.05, 4.69) is 15.3 Å². The normalized spacial score (nSPS) is 10.5. The van der Waals surface area contributed by atoms with E-state index in [0.717, 1.165) is 11.6 Å². The van der Waals surface area contributed by atoms with Crippen LogP contribution in [-0.4, -0.2) is 22.7 Å². The van der Waals surface area contributed by atoms with Crippen molar-refractivity contribution in [1.82, 2.24) is 9.97 Å². The van der Waals surface area contributed by atoms with E-state index < -0.39 is 0 Å². The molecule has 0 radical (unpaired) electrons. The zero-order chi connectivity index (χ0) is 8.97. The van der Waals surface area contributed by atoms with E-state index in [4.69, 9.17) is 5.41 Å². The first-order valence-electron chi connectivity index (χ1n) is 3.68. The largest absolute Gasteiger partial charge is 0.373 e. The van der Waals surface area contributed by atoms with Crippen LogP contribution >= 0.6 is 0 Å². The summed E-state index contributed by atoms with van der Waals surface area (Å²) in [4.78, 5) is 7.07. The minimum atomic E-state index is 0.511. The van der Waals surface area contributed by atoms with Crippen molar-refractivity contribution in [2.75, 3.05) is 12.4 Å². The number of aromatic amines is 1. The van der Waals surface area contributed by atoms with Gasteiger partial charge in [-0.25, -0.2) is 4.98 Å². The van der Waals surface area contributed by atoms with Crippen molar-refractivity contribution in [2.24, 2.45) is 0 Å². The average Bonchev–Trinajstić information content (AvgIpc) is 2.48. The highest BCUT2D eigenvalue weighted by molar-refractivity contribution is 5.93. The monoisotopic (exact) mass is 164 g/mol. The highest BCUT2D eigenvalue weighted by Gasteiger charge is 1.92. The fourth-order valence-electron chi connectivity index (χ4n) is 0.752. The van der Waals surface area contributed by atoms with Gasteiger partial charge in [0.05, 0.1) is 6.20 Å². The third-order valence-electron chi connectivity index (χ3n) is 1.36. The molecule has 0 aliphatic carbocycles. The maximum atomic E-state index is 7.15. The number of hydrogen-bond acceptors (Lipinski definition) is 3. The van der Waals surface area contributed by atoms with Crippen LogP contribution in [0.25, 0.3) is 6.08 Å². The Bertz CT molecular complexity index is 298. The summed E-state index contributed by atoms with van der Waals surface area (Å²) in [6.45, 7) is 1.72. The predicted molar refractivity (Wildman–Crippen MR) is 50.6 cm³/mol. The van der Waals surface area contributed by atoms with Crippen LogP contribution in [-0.2, 0) is 0 Å². The third kappa shape index (κ3) is 2.23. The summed E-state index contributed by atoms with van der Waals surface area (Å²) in [5.74, 6) is 1.63. The maximum Gasteiger partial charge on any atom is 0.131 e. The van der Waals surface area contributed by atoms with Gasteiger partial charge in [0.2, 0.25) is 0 Å². The Morgan fingerprint density at radius 2 is 2.50 bits per heavy atom. The van der Waals surface area contributed by atoms with Gasteiger partial charge in [0, 0.05) is 12.8 Å². The van der Waals surface area contributed by atoms with Crippen LogP contribution < -0.4 is 5.32 Å². The van der Waals surface area contributed by atoms with Crippen molar-refractivity contribution in [3.63, 3.8) is 0 Å². The van der Waals surface area contributed by atoms with Crippen molar-refractivity contribution < 1.29 is 0 Å². The van der Waals surface area contributed by atoms with E-state index in [-0.39, 0.29) is 0 Å². The zero-order valence-corrected chi connectivity index (χ0v) is 7.18.